The van der Waals surface area contributed by atoms with Crippen LogP contribution >= 0.6 is 0 Å². The van der Waals surface area contributed by atoms with E-state index in [2.05, 4.69) is 98.8 Å². The van der Waals surface area contributed by atoms with Gasteiger partial charge in [-0.1, -0.05) is 86.6 Å². The van der Waals surface area contributed by atoms with Gasteiger partial charge < -0.3 is 0 Å². The average molecular weight is 371 g/mol. The molecule has 1 aromatic heterocycles. The van der Waals surface area contributed by atoms with Gasteiger partial charge in [0.25, 0.3) is 0 Å². The largest absolute Gasteiger partial charge is 0.256 e. The van der Waals surface area contributed by atoms with Crippen LogP contribution in [0.5, 0.6) is 0 Å². The van der Waals surface area contributed by atoms with E-state index in [4.69, 9.17) is 4.98 Å². The molecule has 0 atom stereocenters. The molecule has 0 aliphatic heterocycles. The first kappa shape index (κ1) is 16.5. The van der Waals surface area contributed by atoms with Crippen molar-refractivity contribution in [1.82, 2.24) is 4.98 Å². The van der Waals surface area contributed by atoms with Crippen LogP contribution in [0.4, 0.5) is 0 Å². The van der Waals surface area contributed by atoms with Gasteiger partial charge in [-0.3, -0.25) is 4.98 Å². The van der Waals surface area contributed by atoms with E-state index >= 15 is 0 Å². The smallest absolute Gasteiger partial charge is 0.0780 e. The van der Waals surface area contributed by atoms with Gasteiger partial charge in [0.1, 0.15) is 0 Å². The fourth-order valence-electron chi connectivity index (χ4n) is 5.04. The van der Waals surface area contributed by atoms with Crippen LogP contribution in [0.25, 0.3) is 43.9 Å². The molecule has 0 spiro atoms. The molecule has 0 fully saturated rings. The summed E-state index contributed by atoms with van der Waals surface area (Å²) < 4.78 is 0. The number of rotatable bonds is 1. The lowest BCUT2D eigenvalue weighted by atomic mass is 9.82. The molecular weight excluding hydrogens is 350 g/mol. The molecule has 1 nitrogen and oxygen atoms in total. The maximum atomic E-state index is 4.80. The summed E-state index contributed by atoms with van der Waals surface area (Å²) in [5.41, 5.74) is 7.75. The zero-order valence-electron chi connectivity index (χ0n) is 16.6. The summed E-state index contributed by atoms with van der Waals surface area (Å²) in [4.78, 5) is 4.80. The second-order valence-corrected chi connectivity index (χ2v) is 8.47. The van der Waals surface area contributed by atoms with Crippen LogP contribution in [-0.4, -0.2) is 4.98 Å². The molecule has 0 saturated heterocycles. The molecule has 1 heterocycles. The van der Waals surface area contributed by atoms with Crippen molar-refractivity contribution in [3.05, 3.63) is 102 Å². The number of aromatic nitrogens is 1. The molecular formula is C28H21N. The first-order valence-electron chi connectivity index (χ1n) is 10.2. The zero-order valence-corrected chi connectivity index (χ0v) is 16.6. The molecule has 6 rings (SSSR count). The topological polar surface area (TPSA) is 12.9 Å². The molecule has 1 heteroatoms. The molecule has 0 N–H and O–H groups in total. The van der Waals surface area contributed by atoms with Crippen molar-refractivity contribution in [1.29, 1.82) is 0 Å². The zero-order chi connectivity index (χ0) is 19.6. The van der Waals surface area contributed by atoms with Crippen molar-refractivity contribution in [3.8, 4) is 22.4 Å². The Morgan fingerprint density at radius 3 is 2.34 bits per heavy atom. The van der Waals surface area contributed by atoms with E-state index in [9.17, 15) is 0 Å². The molecule has 1 aliphatic rings. The van der Waals surface area contributed by atoms with E-state index in [1.165, 1.54) is 49.4 Å². The minimum atomic E-state index is 0.0346. The number of hydrogen-bond donors (Lipinski definition) is 0. The third-order valence-electron chi connectivity index (χ3n) is 6.53. The Morgan fingerprint density at radius 2 is 1.41 bits per heavy atom. The Kier molecular flexibility index (Phi) is 3.29. The summed E-state index contributed by atoms with van der Waals surface area (Å²) in [5.74, 6) is 0. The van der Waals surface area contributed by atoms with Gasteiger partial charge in [0.15, 0.2) is 0 Å². The van der Waals surface area contributed by atoms with E-state index in [1.54, 1.807) is 0 Å². The summed E-state index contributed by atoms with van der Waals surface area (Å²) in [6.07, 6.45) is 1.94. The molecule has 138 valence electrons. The summed E-state index contributed by atoms with van der Waals surface area (Å²) in [5, 5.41) is 5.01. The van der Waals surface area contributed by atoms with Crippen molar-refractivity contribution < 1.29 is 0 Å². The van der Waals surface area contributed by atoms with E-state index in [-0.39, 0.29) is 5.41 Å². The Hall–Kier alpha value is -3.45. The number of pyridine rings is 1. The minimum absolute atomic E-state index is 0.0346. The van der Waals surface area contributed by atoms with E-state index in [0.717, 1.165) is 5.69 Å². The van der Waals surface area contributed by atoms with E-state index in [0.29, 0.717) is 0 Å². The average Bonchev–Trinajstić information content (AvgIpc) is 3.00. The summed E-state index contributed by atoms with van der Waals surface area (Å²) in [6, 6.07) is 30.8. The van der Waals surface area contributed by atoms with Crippen LogP contribution in [-0.2, 0) is 5.41 Å². The van der Waals surface area contributed by atoms with Crippen LogP contribution in [0, 0.1) is 0 Å². The second kappa shape index (κ2) is 5.78. The van der Waals surface area contributed by atoms with Crippen molar-refractivity contribution in [2.45, 2.75) is 19.3 Å². The maximum Gasteiger partial charge on any atom is 0.0780 e. The fourth-order valence-corrected chi connectivity index (χ4v) is 5.04. The SMILES string of the molecule is CC1(C)c2ccccc2-c2cc(-c3nccc4c3ccc3ccccc34)ccc21. The minimum Gasteiger partial charge on any atom is -0.256 e. The number of fused-ring (bicyclic) bond motifs is 6. The third kappa shape index (κ3) is 2.25. The molecule has 0 amide bonds. The molecule has 1 aliphatic carbocycles. The van der Waals surface area contributed by atoms with Gasteiger partial charge in [-0.25, -0.2) is 0 Å². The summed E-state index contributed by atoms with van der Waals surface area (Å²) in [7, 11) is 0. The normalized spacial score (nSPS) is 14.1. The Labute approximate surface area is 170 Å². The van der Waals surface area contributed by atoms with Crippen molar-refractivity contribution in [2.24, 2.45) is 0 Å². The predicted molar refractivity (Wildman–Crippen MR) is 122 cm³/mol. The summed E-state index contributed by atoms with van der Waals surface area (Å²) >= 11 is 0. The number of nitrogens with zero attached hydrogens (tertiary/aromatic N) is 1. The fraction of sp³-hybridized carbons (Fsp3) is 0.107. The second-order valence-electron chi connectivity index (χ2n) is 8.47. The van der Waals surface area contributed by atoms with Gasteiger partial charge in [-0.2, -0.15) is 0 Å². The van der Waals surface area contributed by atoms with Gasteiger partial charge in [0.2, 0.25) is 0 Å². The molecule has 0 bridgehead atoms. The van der Waals surface area contributed by atoms with Gasteiger partial charge in [-0.05, 0) is 50.5 Å². The maximum absolute atomic E-state index is 4.80. The highest BCUT2D eigenvalue weighted by Gasteiger charge is 2.35. The van der Waals surface area contributed by atoms with Crippen molar-refractivity contribution in [3.63, 3.8) is 0 Å². The molecule has 29 heavy (non-hydrogen) atoms. The van der Waals surface area contributed by atoms with Crippen LogP contribution in [0.1, 0.15) is 25.0 Å². The number of benzene rings is 4. The first-order valence-corrected chi connectivity index (χ1v) is 10.2. The lowest BCUT2D eigenvalue weighted by Gasteiger charge is -2.21. The van der Waals surface area contributed by atoms with Crippen molar-refractivity contribution in [2.75, 3.05) is 0 Å². The van der Waals surface area contributed by atoms with E-state index in [1.807, 2.05) is 6.20 Å². The highest BCUT2D eigenvalue weighted by atomic mass is 14.7. The molecule has 0 unspecified atom stereocenters. The Morgan fingerprint density at radius 1 is 0.621 bits per heavy atom. The quantitative estimate of drug-likeness (QED) is 0.280. The monoisotopic (exact) mass is 371 g/mol. The molecule has 0 saturated carbocycles. The van der Waals surface area contributed by atoms with Crippen LogP contribution in [0.2, 0.25) is 0 Å². The van der Waals surface area contributed by atoms with Crippen LogP contribution in [0.15, 0.2) is 91.1 Å². The van der Waals surface area contributed by atoms with Crippen molar-refractivity contribution >= 4 is 21.5 Å². The van der Waals surface area contributed by atoms with Gasteiger partial charge in [0.05, 0.1) is 5.69 Å². The standard InChI is InChI=1S/C28H21N/c1-28(2)25-10-6-5-9-22(25)24-17-19(12-14-26(24)28)27-23-13-11-18-7-3-4-8-20(18)21(23)15-16-29-27/h3-17H,1-2H3. The molecule has 0 radical (unpaired) electrons. The number of hydrogen-bond acceptors (Lipinski definition) is 1. The molecule has 4 aromatic carbocycles. The highest BCUT2D eigenvalue weighted by Crippen LogP contribution is 2.49. The lowest BCUT2D eigenvalue weighted by molar-refractivity contribution is 0.660. The predicted octanol–water partition coefficient (Wildman–Crippen LogP) is 7.36. The van der Waals surface area contributed by atoms with E-state index < -0.39 is 0 Å². The summed E-state index contributed by atoms with van der Waals surface area (Å²) in [6.45, 7) is 4.64. The van der Waals surface area contributed by atoms with Crippen LogP contribution in [0.3, 0.4) is 0 Å². The highest BCUT2D eigenvalue weighted by molar-refractivity contribution is 6.11. The Balaban J connectivity index is 1.62. The van der Waals surface area contributed by atoms with Crippen LogP contribution < -0.4 is 0 Å². The lowest BCUT2D eigenvalue weighted by Crippen LogP contribution is -2.14. The van der Waals surface area contributed by atoms with Gasteiger partial charge in [0, 0.05) is 22.6 Å². The first-order chi connectivity index (χ1) is 14.1. The molecule has 5 aromatic rings. The Bertz CT molecular complexity index is 1430. The van der Waals surface area contributed by atoms with Gasteiger partial charge >= 0.3 is 0 Å². The third-order valence-corrected chi connectivity index (χ3v) is 6.53. The van der Waals surface area contributed by atoms with Gasteiger partial charge in [-0.15, -0.1) is 0 Å².